The van der Waals surface area contributed by atoms with E-state index < -0.39 is 0 Å². The van der Waals surface area contributed by atoms with Gasteiger partial charge in [-0.25, -0.2) is 0 Å². The van der Waals surface area contributed by atoms with Crippen molar-refractivity contribution in [2.75, 3.05) is 13.7 Å². The summed E-state index contributed by atoms with van der Waals surface area (Å²) >= 11 is 0. The standard InChI is InChI=1S/C16H19NO2/c1-18-11-10-13-2-6-15(7-3-13)19-16-8-4-14(12-17)5-9-16/h2-9H,10-12,17H2,1H3. The van der Waals surface area contributed by atoms with Crippen LogP contribution >= 0.6 is 0 Å². The van der Waals surface area contributed by atoms with Crippen molar-refractivity contribution in [3.05, 3.63) is 59.7 Å². The fourth-order valence-electron chi connectivity index (χ4n) is 1.77. The Morgan fingerprint density at radius 2 is 1.37 bits per heavy atom. The zero-order valence-corrected chi connectivity index (χ0v) is 11.1. The van der Waals surface area contributed by atoms with E-state index in [1.165, 1.54) is 5.56 Å². The van der Waals surface area contributed by atoms with Gasteiger partial charge in [0.2, 0.25) is 0 Å². The molecule has 19 heavy (non-hydrogen) atoms. The lowest BCUT2D eigenvalue weighted by Gasteiger charge is -2.07. The maximum Gasteiger partial charge on any atom is 0.127 e. The lowest BCUT2D eigenvalue weighted by molar-refractivity contribution is 0.202. The van der Waals surface area contributed by atoms with E-state index in [1.54, 1.807) is 7.11 Å². The van der Waals surface area contributed by atoms with Crippen molar-refractivity contribution < 1.29 is 9.47 Å². The van der Waals surface area contributed by atoms with Gasteiger partial charge in [0.15, 0.2) is 0 Å². The minimum Gasteiger partial charge on any atom is -0.457 e. The van der Waals surface area contributed by atoms with E-state index in [0.717, 1.165) is 30.1 Å². The second kappa shape index (κ2) is 6.92. The summed E-state index contributed by atoms with van der Waals surface area (Å²) in [7, 11) is 1.71. The molecule has 0 unspecified atom stereocenters. The van der Waals surface area contributed by atoms with Gasteiger partial charge in [-0.05, 0) is 41.8 Å². The highest BCUT2D eigenvalue weighted by molar-refractivity contribution is 5.34. The maximum absolute atomic E-state index is 5.77. The molecule has 2 aromatic carbocycles. The first-order valence-electron chi connectivity index (χ1n) is 6.36. The van der Waals surface area contributed by atoms with Crippen LogP contribution in [0.15, 0.2) is 48.5 Å². The van der Waals surface area contributed by atoms with E-state index in [0.29, 0.717) is 6.54 Å². The number of ether oxygens (including phenoxy) is 2. The highest BCUT2D eigenvalue weighted by Gasteiger charge is 1.98. The fourth-order valence-corrected chi connectivity index (χ4v) is 1.77. The summed E-state index contributed by atoms with van der Waals surface area (Å²) in [5.74, 6) is 1.66. The molecule has 0 amide bonds. The Labute approximate surface area is 114 Å². The Morgan fingerprint density at radius 1 is 0.842 bits per heavy atom. The summed E-state index contributed by atoms with van der Waals surface area (Å²) in [6, 6.07) is 15.9. The van der Waals surface area contributed by atoms with Crippen molar-refractivity contribution in [2.45, 2.75) is 13.0 Å². The highest BCUT2D eigenvalue weighted by atomic mass is 16.5. The van der Waals surface area contributed by atoms with E-state index in [2.05, 4.69) is 12.1 Å². The molecule has 0 saturated heterocycles. The van der Waals surface area contributed by atoms with E-state index >= 15 is 0 Å². The quantitative estimate of drug-likeness (QED) is 0.864. The summed E-state index contributed by atoms with van der Waals surface area (Å²) in [6.45, 7) is 1.29. The number of hydrogen-bond donors (Lipinski definition) is 1. The predicted molar refractivity (Wildman–Crippen MR) is 76.4 cm³/mol. The molecule has 0 aliphatic rings. The third kappa shape index (κ3) is 4.09. The van der Waals surface area contributed by atoms with Gasteiger partial charge in [-0.2, -0.15) is 0 Å². The summed E-state index contributed by atoms with van der Waals surface area (Å²) < 4.78 is 10.8. The van der Waals surface area contributed by atoms with Gasteiger partial charge in [0, 0.05) is 13.7 Å². The van der Waals surface area contributed by atoms with Gasteiger partial charge in [-0.3, -0.25) is 0 Å². The van der Waals surface area contributed by atoms with Crippen LogP contribution in [0.3, 0.4) is 0 Å². The van der Waals surface area contributed by atoms with Crippen molar-refractivity contribution in [3.63, 3.8) is 0 Å². The first kappa shape index (κ1) is 13.6. The van der Waals surface area contributed by atoms with Gasteiger partial charge in [0.25, 0.3) is 0 Å². The second-order valence-corrected chi connectivity index (χ2v) is 4.34. The van der Waals surface area contributed by atoms with Crippen molar-refractivity contribution in [2.24, 2.45) is 5.73 Å². The van der Waals surface area contributed by atoms with Gasteiger partial charge in [-0.15, -0.1) is 0 Å². The van der Waals surface area contributed by atoms with Crippen LogP contribution in [0, 0.1) is 0 Å². The Bertz CT molecular complexity index is 491. The molecule has 0 spiro atoms. The van der Waals surface area contributed by atoms with Gasteiger partial charge < -0.3 is 15.2 Å². The molecule has 0 aliphatic carbocycles. The molecule has 0 bridgehead atoms. The van der Waals surface area contributed by atoms with Crippen molar-refractivity contribution in [3.8, 4) is 11.5 Å². The highest BCUT2D eigenvalue weighted by Crippen LogP contribution is 2.22. The minimum absolute atomic E-state index is 0.550. The Hall–Kier alpha value is -1.84. The van der Waals surface area contributed by atoms with Crippen LogP contribution < -0.4 is 10.5 Å². The second-order valence-electron chi connectivity index (χ2n) is 4.34. The Balaban J connectivity index is 1.98. The molecule has 2 aromatic rings. The normalized spacial score (nSPS) is 10.4. The third-order valence-corrected chi connectivity index (χ3v) is 2.91. The fraction of sp³-hybridized carbons (Fsp3) is 0.250. The van der Waals surface area contributed by atoms with Crippen LogP contribution in [-0.4, -0.2) is 13.7 Å². The molecule has 0 aromatic heterocycles. The average molecular weight is 257 g/mol. The van der Waals surface area contributed by atoms with Crippen LogP contribution in [0.5, 0.6) is 11.5 Å². The van der Waals surface area contributed by atoms with E-state index in [1.807, 2.05) is 36.4 Å². The van der Waals surface area contributed by atoms with Crippen molar-refractivity contribution >= 4 is 0 Å². The molecular weight excluding hydrogens is 238 g/mol. The van der Waals surface area contributed by atoms with Crippen molar-refractivity contribution in [1.29, 1.82) is 0 Å². The van der Waals surface area contributed by atoms with Gasteiger partial charge in [-0.1, -0.05) is 24.3 Å². The van der Waals surface area contributed by atoms with Crippen LogP contribution in [0.1, 0.15) is 11.1 Å². The molecule has 0 atom stereocenters. The average Bonchev–Trinajstić information content (AvgIpc) is 2.47. The topological polar surface area (TPSA) is 44.5 Å². The first-order valence-corrected chi connectivity index (χ1v) is 6.36. The summed E-state index contributed by atoms with van der Waals surface area (Å²) in [6.07, 6.45) is 0.919. The Morgan fingerprint density at radius 3 is 1.84 bits per heavy atom. The largest absolute Gasteiger partial charge is 0.457 e. The lowest BCUT2D eigenvalue weighted by Crippen LogP contribution is -1.95. The van der Waals surface area contributed by atoms with Crippen molar-refractivity contribution in [1.82, 2.24) is 0 Å². The van der Waals surface area contributed by atoms with E-state index in [4.69, 9.17) is 15.2 Å². The molecule has 0 radical (unpaired) electrons. The zero-order chi connectivity index (χ0) is 13.5. The third-order valence-electron chi connectivity index (χ3n) is 2.91. The first-order chi connectivity index (χ1) is 9.31. The molecule has 100 valence electrons. The van der Waals surface area contributed by atoms with Gasteiger partial charge in [0.05, 0.1) is 6.61 Å². The molecule has 0 heterocycles. The number of hydrogen-bond acceptors (Lipinski definition) is 3. The molecule has 0 fully saturated rings. The van der Waals surface area contributed by atoms with Crippen LogP contribution in [-0.2, 0) is 17.7 Å². The summed E-state index contributed by atoms with van der Waals surface area (Å²) in [5, 5.41) is 0. The maximum atomic E-state index is 5.77. The molecule has 0 saturated carbocycles. The van der Waals surface area contributed by atoms with E-state index in [-0.39, 0.29) is 0 Å². The number of rotatable bonds is 6. The minimum atomic E-state index is 0.550. The SMILES string of the molecule is COCCc1ccc(Oc2ccc(CN)cc2)cc1. The summed E-state index contributed by atoms with van der Waals surface area (Å²) in [4.78, 5) is 0. The van der Waals surface area contributed by atoms with Gasteiger partial charge in [0.1, 0.15) is 11.5 Å². The predicted octanol–water partition coefficient (Wildman–Crippen LogP) is 3.13. The molecule has 3 heteroatoms. The smallest absolute Gasteiger partial charge is 0.127 e. The van der Waals surface area contributed by atoms with Gasteiger partial charge >= 0.3 is 0 Å². The number of methoxy groups -OCH3 is 1. The monoisotopic (exact) mass is 257 g/mol. The molecule has 2 N–H and O–H groups in total. The van der Waals surface area contributed by atoms with E-state index in [9.17, 15) is 0 Å². The molecule has 0 aliphatic heterocycles. The molecular formula is C16H19NO2. The Kier molecular flexibility index (Phi) is 4.95. The number of nitrogens with two attached hydrogens (primary N) is 1. The van der Waals surface area contributed by atoms with Crippen LogP contribution in [0.4, 0.5) is 0 Å². The zero-order valence-electron chi connectivity index (χ0n) is 11.1. The lowest BCUT2D eigenvalue weighted by atomic mass is 10.1. The summed E-state index contributed by atoms with van der Waals surface area (Å²) in [5.41, 5.74) is 7.90. The van der Waals surface area contributed by atoms with Crippen LogP contribution in [0.25, 0.3) is 0 Å². The molecule has 2 rings (SSSR count). The van der Waals surface area contributed by atoms with Crippen LogP contribution in [0.2, 0.25) is 0 Å². The number of benzene rings is 2. The molecule has 3 nitrogen and oxygen atoms in total.